The summed E-state index contributed by atoms with van der Waals surface area (Å²) >= 11 is 1.33. The van der Waals surface area contributed by atoms with Crippen LogP contribution in [0.2, 0.25) is 0 Å². The molecule has 0 aliphatic carbocycles. The van der Waals surface area contributed by atoms with Crippen molar-refractivity contribution in [2.24, 2.45) is 5.73 Å². The molecule has 0 saturated heterocycles. The quantitative estimate of drug-likeness (QED) is 0.854. The van der Waals surface area contributed by atoms with Crippen molar-refractivity contribution in [1.82, 2.24) is 15.3 Å². The Bertz CT molecular complexity index is 789. The number of nitrogens with zero attached hydrogens (tertiary/aromatic N) is 2. The lowest BCUT2D eigenvalue weighted by molar-refractivity contribution is 0.0911. The van der Waals surface area contributed by atoms with Crippen LogP contribution in [0.4, 0.5) is 0 Å². The van der Waals surface area contributed by atoms with Crippen molar-refractivity contribution in [3.8, 4) is 11.6 Å². The van der Waals surface area contributed by atoms with Gasteiger partial charge in [0.1, 0.15) is 13.2 Å². The molecule has 3 rings (SSSR count). The fourth-order valence-corrected chi connectivity index (χ4v) is 2.81. The van der Waals surface area contributed by atoms with E-state index < -0.39 is 11.4 Å². The largest absolute Gasteiger partial charge is 0.483 e. The van der Waals surface area contributed by atoms with Gasteiger partial charge >= 0.3 is 0 Å². The number of primary amides is 1. The monoisotopic (exact) mass is 348 g/mol. The van der Waals surface area contributed by atoms with E-state index >= 15 is 0 Å². The number of amides is 2. The summed E-state index contributed by atoms with van der Waals surface area (Å²) in [5.41, 5.74) is 4.37. The number of carbonyl (C=O) groups is 2. The highest BCUT2D eigenvalue weighted by atomic mass is 32.1. The number of nitrogens with one attached hydrogen (secondary N) is 1. The first-order valence-corrected chi connectivity index (χ1v) is 8.10. The maximum Gasteiger partial charge on any atom is 0.271 e. The molecule has 3 heterocycles. The average molecular weight is 348 g/mol. The van der Waals surface area contributed by atoms with Gasteiger partial charge in [0.25, 0.3) is 17.7 Å². The van der Waals surface area contributed by atoms with E-state index in [9.17, 15) is 9.59 Å². The van der Waals surface area contributed by atoms with Gasteiger partial charge in [0.15, 0.2) is 11.5 Å². The van der Waals surface area contributed by atoms with Crippen molar-refractivity contribution in [3.63, 3.8) is 0 Å². The van der Waals surface area contributed by atoms with Crippen molar-refractivity contribution in [3.05, 3.63) is 33.9 Å². The molecule has 1 aliphatic heterocycles. The van der Waals surface area contributed by atoms with E-state index in [0.29, 0.717) is 11.5 Å². The van der Waals surface area contributed by atoms with Crippen molar-refractivity contribution in [1.29, 1.82) is 0 Å². The number of fused-ring (bicyclic) bond motifs is 1. The van der Waals surface area contributed by atoms with Gasteiger partial charge in [-0.2, -0.15) is 4.98 Å². The minimum Gasteiger partial charge on any atom is -0.483 e. The van der Waals surface area contributed by atoms with E-state index in [4.69, 9.17) is 15.2 Å². The zero-order valence-corrected chi connectivity index (χ0v) is 14.0. The number of ether oxygens (including phenoxy) is 2. The van der Waals surface area contributed by atoms with Crippen LogP contribution < -0.4 is 20.5 Å². The molecule has 0 atom stereocenters. The summed E-state index contributed by atoms with van der Waals surface area (Å²) in [6, 6.07) is 3.51. The fourth-order valence-electron chi connectivity index (χ4n) is 2.20. The zero-order chi connectivity index (χ0) is 17.3. The molecular weight excluding hydrogens is 332 g/mol. The smallest absolute Gasteiger partial charge is 0.271 e. The zero-order valence-electron chi connectivity index (χ0n) is 13.2. The van der Waals surface area contributed by atoms with Gasteiger partial charge in [0.05, 0.1) is 10.4 Å². The van der Waals surface area contributed by atoms with Crippen LogP contribution in [-0.2, 0) is 5.54 Å². The van der Waals surface area contributed by atoms with Crippen LogP contribution >= 0.6 is 11.3 Å². The number of thiophene rings is 1. The van der Waals surface area contributed by atoms with E-state index in [1.165, 1.54) is 11.3 Å². The lowest BCUT2D eigenvalue weighted by atomic mass is 10.0. The molecule has 2 amide bonds. The third-order valence-corrected chi connectivity index (χ3v) is 4.24. The van der Waals surface area contributed by atoms with E-state index in [2.05, 4.69) is 15.3 Å². The molecule has 1 aliphatic rings. The molecule has 0 unspecified atom stereocenters. The molecule has 0 aromatic carbocycles. The summed E-state index contributed by atoms with van der Waals surface area (Å²) < 4.78 is 10.8. The molecule has 8 nitrogen and oxygen atoms in total. The van der Waals surface area contributed by atoms with Crippen LogP contribution in [0.25, 0.3) is 0 Å². The Kier molecular flexibility index (Phi) is 4.10. The van der Waals surface area contributed by atoms with Crippen LogP contribution in [-0.4, -0.2) is 35.0 Å². The number of nitrogens with two attached hydrogens (primary N) is 1. The van der Waals surface area contributed by atoms with Gasteiger partial charge in [-0.05, 0) is 25.3 Å². The van der Waals surface area contributed by atoms with Crippen LogP contribution in [0.5, 0.6) is 11.6 Å². The molecule has 0 radical (unpaired) electrons. The van der Waals surface area contributed by atoms with E-state index in [1.807, 2.05) is 5.38 Å². The van der Waals surface area contributed by atoms with Crippen LogP contribution in [0, 0.1) is 0 Å². The molecule has 0 saturated carbocycles. The Morgan fingerprint density at radius 1 is 1.29 bits per heavy atom. The summed E-state index contributed by atoms with van der Waals surface area (Å²) in [5.74, 6) is -0.503. The first-order chi connectivity index (χ1) is 11.4. The Labute approximate surface area is 142 Å². The minimum atomic E-state index is -0.943. The molecule has 2 aromatic heterocycles. The predicted molar refractivity (Wildman–Crippen MR) is 86.4 cm³/mol. The van der Waals surface area contributed by atoms with Gasteiger partial charge in [-0.1, -0.05) is 6.07 Å². The van der Waals surface area contributed by atoms with Gasteiger partial charge in [-0.15, -0.1) is 11.3 Å². The molecule has 126 valence electrons. The maximum absolute atomic E-state index is 12.3. The molecule has 3 N–H and O–H groups in total. The van der Waals surface area contributed by atoms with Gasteiger partial charge in [0.2, 0.25) is 5.75 Å². The van der Waals surface area contributed by atoms with E-state index in [1.54, 1.807) is 26.0 Å². The maximum atomic E-state index is 12.3. The lowest BCUT2D eigenvalue weighted by Crippen LogP contribution is -2.42. The topological polar surface area (TPSA) is 116 Å². The first kappa shape index (κ1) is 16.2. The van der Waals surface area contributed by atoms with Gasteiger partial charge in [-0.25, -0.2) is 4.98 Å². The molecule has 0 spiro atoms. The van der Waals surface area contributed by atoms with E-state index in [0.717, 1.165) is 0 Å². The standard InChI is InChI=1S/C15H16N4O4S/c1-15(2,19-12(21)8-4-3-7-24-8)14-17-9(11(16)20)10-13(18-14)23-6-5-22-10/h3-4,7H,5-6H2,1-2H3,(H2,16,20)(H,19,21). The van der Waals surface area contributed by atoms with Gasteiger partial charge < -0.3 is 20.5 Å². The number of carbonyl (C=O) groups excluding carboxylic acids is 2. The van der Waals surface area contributed by atoms with Crippen molar-refractivity contribution in [2.45, 2.75) is 19.4 Å². The second kappa shape index (κ2) is 6.08. The first-order valence-electron chi connectivity index (χ1n) is 7.22. The van der Waals surface area contributed by atoms with Crippen molar-refractivity contribution in [2.75, 3.05) is 13.2 Å². The summed E-state index contributed by atoms with van der Waals surface area (Å²) in [6.07, 6.45) is 0. The number of aromatic nitrogens is 2. The number of hydrogen-bond acceptors (Lipinski definition) is 7. The predicted octanol–water partition coefficient (Wildman–Crippen LogP) is 1.07. The van der Waals surface area contributed by atoms with E-state index in [-0.39, 0.29) is 35.7 Å². The van der Waals surface area contributed by atoms with Crippen LogP contribution in [0.3, 0.4) is 0 Å². The van der Waals surface area contributed by atoms with Gasteiger partial charge in [0, 0.05) is 0 Å². The summed E-state index contributed by atoms with van der Waals surface area (Å²) in [6.45, 7) is 4.06. The van der Waals surface area contributed by atoms with Crippen LogP contribution in [0.15, 0.2) is 17.5 Å². The Morgan fingerprint density at radius 2 is 2.04 bits per heavy atom. The third kappa shape index (κ3) is 3.02. The SMILES string of the molecule is CC(C)(NC(=O)c1cccs1)c1nc2c(c(C(N)=O)n1)OCCO2. The van der Waals surface area contributed by atoms with Crippen molar-refractivity contribution >= 4 is 23.2 Å². The minimum absolute atomic E-state index is 0.0619. The molecule has 9 heteroatoms. The lowest BCUT2D eigenvalue weighted by Gasteiger charge is -2.27. The molecular formula is C15H16N4O4S. The normalized spacial score (nSPS) is 13.4. The summed E-state index contributed by atoms with van der Waals surface area (Å²) in [7, 11) is 0. The molecule has 0 bridgehead atoms. The van der Waals surface area contributed by atoms with Crippen LogP contribution in [0.1, 0.15) is 39.8 Å². The molecule has 0 fully saturated rings. The van der Waals surface area contributed by atoms with Gasteiger partial charge in [-0.3, -0.25) is 9.59 Å². The second-order valence-corrected chi connectivity index (χ2v) is 6.60. The Balaban J connectivity index is 1.96. The highest BCUT2D eigenvalue weighted by Gasteiger charge is 2.32. The average Bonchev–Trinajstić information content (AvgIpc) is 3.07. The highest BCUT2D eigenvalue weighted by molar-refractivity contribution is 7.12. The van der Waals surface area contributed by atoms with Crippen molar-refractivity contribution < 1.29 is 19.1 Å². The fraction of sp³-hybridized carbons (Fsp3) is 0.333. The Morgan fingerprint density at radius 3 is 2.71 bits per heavy atom. The second-order valence-electron chi connectivity index (χ2n) is 5.65. The Hall–Kier alpha value is -2.68. The highest BCUT2D eigenvalue weighted by Crippen LogP contribution is 2.33. The summed E-state index contributed by atoms with van der Waals surface area (Å²) in [4.78, 5) is 33.0. The number of hydrogen-bond donors (Lipinski definition) is 2. The molecule has 24 heavy (non-hydrogen) atoms. The number of rotatable bonds is 4. The third-order valence-electron chi connectivity index (χ3n) is 3.37. The molecule has 2 aromatic rings. The summed E-state index contributed by atoms with van der Waals surface area (Å²) in [5, 5.41) is 4.66.